The molecule has 17 heavy (non-hydrogen) atoms. The van der Waals surface area contributed by atoms with E-state index in [1.165, 1.54) is 6.07 Å². The van der Waals surface area contributed by atoms with Gasteiger partial charge in [0.05, 0.1) is 5.69 Å². The third-order valence-electron chi connectivity index (χ3n) is 2.29. The van der Waals surface area contributed by atoms with Gasteiger partial charge in [-0.15, -0.1) is 11.8 Å². The Hall–Kier alpha value is -0.720. The highest BCUT2D eigenvalue weighted by molar-refractivity contribution is 7.99. The maximum Gasteiger partial charge on any atom is 0.240 e. The van der Waals surface area contributed by atoms with Crippen LogP contribution in [-0.2, 0) is 10.0 Å². The molecule has 1 aromatic carbocycles. The van der Waals surface area contributed by atoms with E-state index in [-0.39, 0.29) is 10.6 Å². The van der Waals surface area contributed by atoms with Gasteiger partial charge in [0.2, 0.25) is 10.0 Å². The molecule has 0 radical (unpaired) electrons. The number of sulfonamides is 1. The molecule has 1 aromatic rings. The van der Waals surface area contributed by atoms with Crippen molar-refractivity contribution in [3.8, 4) is 0 Å². The van der Waals surface area contributed by atoms with Crippen molar-refractivity contribution in [3.63, 3.8) is 0 Å². The molecule has 0 amide bonds. The molecule has 0 aliphatic heterocycles. The molecule has 4 nitrogen and oxygen atoms in total. The Balaban J connectivity index is 2.88. The molecule has 4 N–H and O–H groups in total. The zero-order valence-electron chi connectivity index (χ0n) is 10.0. The molecule has 0 unspecified atom stereocenters. The van der Waals surface area contributed by atoms with E-state index in [1.54, 1.807) is 17.8 Å². The van der Waals surface area contributed by atoms with Gasteiger partial charge in [0.1, 0.15) is 4.90 Å². The van der Waals surface area contributed by atoms with Gasteiger partial charge < -0.3 is 5.73 Å². The molecule has 0 saturated carbocycles. The third-order valence-corrected chi connectivity index (χ3v) is 4.36. The summed E-state index contributed by atoms with van der Waals surface area (Å²) in [6.45, 7) is 4.29. The Morgan fingerprint density at radius 2 is 2.00 bits per heavy atom. The topological polar surface area (TPSA) is 86.2 Å². The highest BCUT2D eigenvalue weighted by Crippen LogP contribution is 2.30. The molecule has 6 heteroatoms. The van der Waals surface area contributed by atoms with Crippen LogP contribution in [0.3, 0.4) is 0 Å². The van der Waals surface area contributed by atoms with E-state index in [1.807, 2.05) is 6.07 Å². The standard InChI is InChI=1S/C11H18N2O2S2/c1-8(2)6-7-16-9-4-3-5-10(11(9)12)17(13,14)15/h3-5,8H,6-7,12H2,1-2H3,(H2,13,14,15). The number of anilines is 1. The fraction of sp³-hybridized carbons (Fsp3) is 0.455. The van der Waals surface area contributed by atoms with Gasteiger partial charge in [0.25, 0.3) is 0 Å². The molecule has 0 aliphatic carbocycles. The van der Waals surface area contributed by atoms with E-state index in [9.17, 15) is 8.42 Å². The SMILES string of the molecule is CC(C)CCSc1cccc(S(N)(=O)=O)c1N. The van der Waals surface area contributed by atoms with Crippen molar-refractivity contribution in [1.29, 1.82) is 0 Å². The number of rotatable bonds is 5. The lowest BCUT2D eigenvalue weighted by atomic mass is 10.2. The van der Waals surface area contributed by atoms with Gasteiger partial charge in [-0.1, -0.05) is 19.9 Å². The summed E-state index contributed by atoms with van der Waals surface area (Å²) < 4.78 is 22.6. The summed E-state index contributed by atoms with van der Waals surface area (Å²) in [4.78, 5) is 0.782. The lowest BCUT2D eigenvalue weighted by Crippen LogP contribution is -2.14. The Labute approximate surface area is 107 Å². The van der Waals surface area contributed by atoms with E-state index >= 15 is 0 Å². The lowest BCUT2D eigenvalue weighted by molar-refractivity contribution is 0.598. The van der Waals surface area contributed by atoms with Gasteiger partial charge in [-0.25, -0.2) is 13.6 Å². The van der Waals surface area contributed by atoms with E-state index in [4.69, 9.17) is 10.9 Å². The van der Waals surface area contributed by atoms with Crippen LogP contribution in [0.25, 0.3) is 0 Å². The summed E-state index contributed by atoms with van der Waals surface area (Å²) in [5.41, 5.74) is 6.06. The molecule has 1 rings (SSSR count). The number of nitrogens with two attached hydrogens (primary N) is 2. The lowest BCUT2D eigenvalue weighted by Gasteiger charge is -2.09. The predicted molar refractivity (Wildman–Crippen MR) is 72.4 cm³/mol. The van der Waals surface area contributed by atoms with Crippen molar-refractivity contribution >= 4 is 27.5 Å². The van der Waals surface area contributed by atoms with Gasteiger partial charge in [-0.2, -0.15) is 0 Å². The van der Waals surface area contributed by atoms with Crippen LogP contribution in [0.15, 0.2) is 28.0 Å². The van der Waals surface area contributed by atoms with Crippen LogP contribution in [0, 0.1) is 5.92 Å². The van der Waals surface area contributed by atoms with Crippen LogP contribution >= 0.6 is 11.8 Å². The quantitative estimate of drug-likeness (QED) is 0.635. The Kier molecular flexibility index (Phi) is 4.85. The first-order valence-electron chi connectivity index (χ1n) is 5.36. The predicted octanol–water partition coefficient (Wildman–Crippen LogP) is 2.05. The second-order valence-corrected chi connectivity index (χ2v) is 6.91. The third kappa shape index (κ3) is 4.22. The second kappa shape index (κ2) is 5.75. The Morgan fingerprint density at radius 3 is 2.53 bits per heavy atom. The fourth-order valence-electron chi connectivity index (χ4n) is 1.30. The highest BCUT2D eigenvalue weighted by Gasteiger charge is 2.14. The van der Waals surface area contributed by atoms with Crippen molar-refractivity contribution in [2.24, 2.45) is 11.1 Å². The van der Waals surface area contributed by atoms with Crippen LogP contribution in [0.2, 0.25) is 0 Å². The summed E-state index contributed by atoms with van der Waals surface area (Å²) in [7, 11) is -3.74. The van der Waals surface area contributed by atoms with Crippen molar-refractivity contribution in [2.75, 3.05) is 11.5 Å². The number of benzene rings is 1. The molecule has 0 aliphatic rings. The van der Waals surface area contributed by atoms with E-state index in [0.717, 1.165) is 17.1 Å². The largest absolute Gasteiger partial charge is 0.397 e. The monoisotopic (exact) mass is 274 g/mol. The average Bonchev–Trinajstić information content (AvgIpc) is 2.18. The molecule has 0 heterocycles. The van der Waals surface area contributed by atoms with Gasteiger partial charge in [0.15, 0.2) is 0 Å². The minimum atomic E-state index is -3.74. The van der Waals surface area contributed by atoms with Gasteiger partial charge in [-0.3, -0.25) is 0 Å². The summed E-state index contributed by atoms with van der Waals surface area (Å²) in [6.07, 6.45) is 1.06. The van der Waals surface area contributed by atoms with Crippen molar-refractivity contribution < 1.29 is 8.42 Å². The summed E-state index contributed by atoms with van der Waals surface area (Å²) >= 11 is 1.56. The number of nitrogen functional groups attached to an aromatic ring is 1. The van der Waals surface area contributed by atoms with Crippen LogP contribution < -0.4 is 10.9 Å². The highest BCUT2D eigenvalue weighted by atomic mass is 32.2. The Bertz CT molecular complexity index is 484. The number of hydrogen-bond donors (Lipinski definition) is 2. The molecule has 0 aromatic heterocycles. The van der Waals surface area contributed by atoms with Gasteiger partial charge in [0, 0.05) is 4.90 Å². The fourth-order valence-corrected chi connectivity index (χ4v) is 3.30. The van der Waals surface area contributed by atoms with Crippen molar-refractivity contribution in [1.82, 2.24) is 0 Å². The van der Waals surface area contributed by atoms with Crippen LogP contribution in [0.5, 0.6) is 0 Å². The first kappa shape index (κ1) is 14.3. The van der Waals surface area contributed by atoms with Crippen LogP contribution in [-0.4, -0.2) is 14.2 Å². The van der Waals surface area contributed by atoms with E-state index in [2.05, 4.69) is 13.8 Å². The number of primary sulfonamides is 1. The normalized spacial score (nSPS) is 12.0. The second-order valence-electron chi connectivity index (χ2n) is 4.24. The van der Waals surface area contributed by atoms with E-state index in [0.29, 0.717) is 5.92 Å². The Morgan fingerprint density at radius 1 is 1.35 bits per heavy atom. The maximum atomic E-state index is 11.3. The van der Waals surface area contributed by atoms with E-state index < -0.39 is 10.0 Å². The van der Waals surface area contributed by atoms with Gasteiger partial charge in [-0.05, 0) is 30.2 Å². The molecule has 0 bridgehead atoms. The number of thioether (sulfide) groups is 1. The van der Waals surface area contributed by atoms with Crippen LogP contribution in [0.1, 0.15) is 20.3 Å². The minimum absolute atomic E-state index is 0.00652. The number of hydrogen-bond acceptors (Lipinski definition) is 4. The van der Waals surface area contributed by atoms with Crippen LogP contribution in [0.4, 0.5) is 5.69 Å². The maximum absolute atomic E-state index is 11.3. The first-order chi connectivity index (χ1) is 7.82. The van der Waals surface area contributed by atoms with Crippen molar-refractivity contribution in [2.45, 2.75) is 30.1 Å². The first-order valence-corrected chi connectivity index (χ1v) is 7.89. The zero-order chi connectivity index (χ0) is 13.1. The molecule has 0 atom stereocenters. The average molecular weight is 274 g/mol. The number of para-hydroxylation sites is 1. The molecular weight excluding hydrogens is 256 g/mol. The molecule has 0 spiro atoms. The zero-order valence-corrected chi connectivity index (χ0v) is 11.6. The van der Waals surface area contributed by atoms with Gasteiger partial charge >= 0.3 is 0 Å². The molecule has 0 saturated heterocycles. The molecular formula is C11H18N2O2S2. The minimum Gasteiger partial charge on any atom is -0.397 e. The molecule has 96 valence electrons. The summed E-state index contributed by atoms with van der Waals surface area (Å²) in [6, 6.07) is 4.90. The van der Waals surface area contributed by atoms with Crippen molar-refractivity contribution in [3.05, 3.63) is 18.2 Å². The summed E-state index contributed by atoms with van der Waals surface area (Å²) in [5.74, 6) is 1.53. The smallest absolute Gasteiger partial charge is 0.240 e. The molecule has 0 fully saturated rings. The summed E-state index contributed by atoms with van der Waals surface area (Å²) in [5, 5.41) is 5.09.